The van der Waals surface area contributed by atoms with E-state index in [4.69, 9.17) is 24.7 Å². The highest BCUT2D eigenvalue weighted by Crippen LogP contribution is 2.39. The standard InChI is InChI=1S/C27H28N2O6/c1-32-22-14-18(8-9-19-15-23(33-2)27(35-4)24(16-19)34-3)13-21(26(22)31)29-25(30)11-10-17-6-5-7-20(28)12-17/h5-16,31H,28H2,1-4H3,(H,29,30)/b9-8?,11-10+. The summed E-state index contributed by atoms with van der Waals surface area (Å²) in [6.07, 6.45) is 6.63. The molecule has 4 N–H and O–H groups in total. The largest absolute Gasteiger partial charge is 0.503 e. The molecule has 1 amide bonds. The van der Waals surface area contributed by atoms with E-state index in [-0.39, 0.29) is 17.2 Å². The third kappa shape index (κ3) is 6.26. The van der Waals surface area contributed by atoms with E-state index < -0.39 is 5.91 Å². The van der Waals surface area contributed by atoms with Crippen LogP contribution in [0.3, 0.4) is 0 Å². The monoisotopic (exact) mass is 476 g/mol. The Morgan fingerprint density at radius 2 is 1.40 bits per heavy atom. The molecule has 8 heteroatoms. The van der Waals surface area contributed by atoms with Gasteiger partial charge in [0, 0.05) is 11.8 Å². The number of anilines is 2. The van der Waals surface area contributed by atoms with Gasteiger partial charge in [-0.1, -0.05) is 24.3 Å². The van der Waals surface area contributed by atoms with Crippen LogP contribution in [0.25, 0.3) is 18.2 Å². The van der Waals surface area contributed by atoms with E-state index in [0.29, 0.717) is 28.5 Å². The van der Waals surface area contributed by atoms with Crippen LogP contribution in [0.4, 0.5) is 11.4 Å². The highest BCUT2D eigenvalue weighted by Gasteiger charge is 2.13. The minimum atomic E-state index is -0.421. The number of amides is 1. The number of hydrogen-bond acceptors (Lipinski definition) is 7. The van der Waals surface area contributed by atoms with Crippen LogP contribution in [0.1, 0.15) is 16.7 Å². The number of nitrogen functional groups attached to an aromatic ring is 1. The fourth-order valence-corrected chi connectivity index (χ4v) is 3.38. The summed E-state index contributed by atoms with van der Waals surface area (Å²) < 4.78 is 21.4. The predicted molar refractivity (Wildman–Crippen MR) is 138 cm³/mol. The number of phenols is 1. The molecule has 0 spiro atoms. The molecular formula is C27H28N2O6. The maximum Gasteiger partial charge on any atom is 0.248 e. The van der Waals surface area contributed by atoms with Crippen LogP contribution in [0.2, 0.25) is 0 Å². The molecule has 0 aromatic heterocycles. The first kappa shape index (κ1) is 25.0. The van der Waals surface area contributed by atoms with Crippen molar-refractivity contribution in [3.63, 3.8) is 0 Å². The molecule has 0 bridgehead atoms. The number of methoxy groups -OCH3 is 4. The topological polar surface area (TPSA) is 112 Å². The van der Waals surface area contributed by atoms with Crippen LogP contribution in [-0.4, -0.2) is 39.5 Å². The number of carbonyl (C=O) groups is 1. The molecule has 0 atom stereocenters. The molecule has 3 aromatic carbocycles. The average molecular weight is 477 g/mol. The normalized spacial score (nSPS) is 11.0. The SMILES string of the molecule is COc1cc(C=Cc2cc(OC)c(OC)c(OC)c2)cc(NC(=O)/C=C/c2cccc(N)c2)c1O. The zero-order valence-corrected chi connectivity index (χ0v) is 20.0. The van der Waals surface area contributed by atoms with E-state index in [1.165, 1.54) is 13.2 Å². The molecule has 0 aliphatic carbocycles. The van der Waals surface area contributed by atoms with Gasteiger partial charge in [0.1, 0.15) is 0 Å². The second kappa shape index (κ2) is 11.5. The van der Waals surface area contributed by atoms with Crippen molar-refractivity contribution in [2.75, 3.05) is 39.5 Å². The van der Waals surface area contributed by atoms with E-state index in [0.717, 1.165) is 11.1 Å². The van der Waals surface area contributed by atoms with Gasteiger partial charge >= 0.3 is 0 Å². The van der Waals surface area contributed by atoms with Crippen molar-refractivity contribution in [1.29, 1.82) is 0 Å². The zero-order chi connectivity index (χ0) is 25.4. The van der Waals surface area contributed by atoms with Crippen LogP contribution < -0.4 is 30.0 Å². The summed E-state index contributed by atoms with van der Waals surface area (Å²) in [5.74, 6) is 1.16. The Bertz CT molecular complexity index is 1240. The number of nitrogens with two attached hydrogens (primary N) is 1. The first-order valence-corrected chi connectivity index (χ1v) is 10.6. The molecule has 0 saturated heterocycles. The highest BCUT2D eigenvalue weighted by atomic mass is 16.5. The summed E-state index contributed by atoms with van der Waals surface area (Å²) in [5, 5.41) is 13.2. The van der Waals surface area contributed by atoms with E-state index >= 15 is 0 Å². The molecule has 3 aromatic rings. The molecule has 182 valence electrons. The summed E-state index contributed by atoms with van der Waals surface area (Å²) in [4.78, 5) is 12.5. The minimum Gasteiger partial charge on any atom is -0.503 e. The smallest absolute Gasteiger partial charge is 0.248 e. The van der Waals surface area contributed by atoms with Gasteiger partial charge < -0.3 is 35.1 Å². The number of rotatable bonds is 9. The summed E-state index contributed by atoms with van der Waals surface area (Å²) in [5.41, 5.74) is 8.83. The molecule has 3 rings (SSSR count). The number of carbonyl (C=O) groups excluding carboxylic acids is 1. The van der Waals surface area contributed by atoms with Crippen LogP contribution in [0.15, 0.2) is 54.6 Å². The first-order chi connectivity index (χ1) is 16.9. The Labute approximate surface area is 204 Å². The lowest BCUT2D eigenvalue weighted by Gasteiger charge is -2.13. The number of hydrogen-bond donors (Lipinski definition) is 3. The molecular weight excluding hydrogens is 448 g/mol. The lowest BCUT2D eigenvalue weighted by atomic mass is 10.1. The summed E-state index contributed by atoms with van der Waals surface area (Å²) in [6.45, 7) is 0. The summed E-state index contributed by atoms with van der Waals surface area (Å²) >= 11 is 0. The van der Waals surface area contributed by atoms with Crippen LogP contribution in [0, 0.1) is 0 Å². The highest BCUT2D eigenvalue weighted by molar-refractivity contribution is 6.03. The van der Waals surface area contributed by atoms with Crippen molar-refractivity contribution in [2.24, 2.45) is 0 Å². The number of benzene rings is 3. The molecule has 0 unspecified atom stereocenters. The van der Waals surface area contributed by atoms with E-state index in [9.17, 15) is 9.90 Å². The van der Waals surface area contributed by atoms with Gasteiger partial charge in [-0.15, -0.1) is 0 Å². The molecule has 0 fully saturated rings. The Morgan fingerprint density at radius 1 is 0.800 bits per heavy atom. The number of phenolic OH excluding ortho intramolecular Hbond substituents is 1. The van der Waals surface area contributed by atoms with Gasteiger partial charge in [-0.25, -0.2) is 0 Å². The van der Waals surface area contributed by atoms with Gasteiger partial charge in [-0.2, -0.15) is 0 Å². The maximum atomic E-state index is 12.5. The Morgan fingerprint density at radius 3 is 1.97 bits per heavy atom. The molecule has 8 nitrogen and oxygen atoms in total. The Hall–Kier alpha value is -4.59. The second-order valence-corrected chi connectivity index (χ2v) is 7.40. The van der Waals surface area contributed by atoms with Crippen LogP contribution in [0.5, 0.6) is 28.7 Å². The predicted octanol–water partition coefficient (Wildman–Crippen LogP) is 4.83. The lowest BCUT2D eigenvalue weighted by molar-refractivity contribution is -0.111. The zero-order valence-electron chi connectivity index (χ0n) is 20.0. The van der Waals surface area contributed by atoms with Crippen molar-refractivity contribution < 1.29 is 28.8 Å². The third-order valence-electron chi connectivity index (χ3n) is 5.07. The van der Waals surface area contributed by atoms with Gasteiger partial charge in [0.15, 0.2) is 23.0 Å². The number of aromatic hydroxyl groups is 1. The number of nitrogens with one attached hydrogen (secondary N) is 1. The van der Waals surface area contributed by atoms with Gasteiger partial charge in [-0.05, 0) is 59.2 Å². The maximum absolute atomic E-state index is 12.5. The quantitative estimate of drug-likeness (QED) is 0.175. The molecule has 0 heterocycles. The van der Waals surface area contributed by atoms with Gasteiger partial charge in [-0.3, -0.25) is 4.79 Å². The minimum absolute atomic E-state index is 0.178. The fraction of sp³-hybridized carbons (Fsp3) is 0.148. The molecule has 0 aliphatic rings. The molecule has 35 heavy (non-hydrogen) atoms. The number of ether oxygens (including phenoxy) is 4. The summed E-state index contributed by atoms with van der Waals surface area (Å²) in [6, 6.07) is 14.0. The van der Waals surface area contributed by atoms with Crippen molar-refractivity contribution in [3.8, 4) is 28.7 Å². The van der Waals surface area contributed by atoms with Gasteiger partial charge in [0.25, 0.3) is 0 Å². The fourth-order valence-electron chi connectivity index (χ4n) is 3.38. The van der Waals surface area contributed by atoms with Gasteiger partial charge in [0.2, 0.25) is 11.7 Å². The lowest BCUT2D eigenvalue weighted by Crippen LogP contribution is -2.08. The van der Waals surface area contributed by atoms with E-state index in [2.05, 4.69) is 5.32 Å². The van der Waals surface area contributed by atoms with E-state index in [1.807, 2.05) is 12.1 Å². The van der Waals surface area contributed by atoms with Crippen molar-refractivity contribution >= 4 is 35.5 Å². The summed E-state index contributed by atoms with van der Waals surface area (Å²) in [7, 11) is 6.07. The van der Waals surface area contributed by atoms with Gasteiger partial charge in [0.05, 0.1) is 34.1 Å². The van der Waals surface area contributed by atoms with Crippen LogP contribution in [-0.2, 0) is 4.79 Å². The average Bonchev–Trinajstić information content (AvgIpc) is 2.87. The Kier molecular flexibility index (Phi) is 8.24. The van der Waals surface area contributed by atoms with Crippen molar-refractivity contribution in [3.05, 3.63) is 71.3 Å². The van der Waals surface area contributed by atoms with Crippen LogP contribution >= 0.6 is 0 Å². The van der Waals surface area contributed by atoms with Crippen molar-refractivity contribution in [2.45, 2.75) is 0 Å². The first-order valence-electron chi connectivity index (χ1n) is 10.6. The van der Waals surface area contributed by atoms with E-state index in [1.54, 1.807) is 75.9 Å². The third-order valence-corrected chi connectivity index (χ3v) is 5.07. The second-order valence-electron chi connectivity index (χ2n) is 7.40. The molecule has 0 saturated carbocycles. The van der Waals surface area contributed by atoms with Crippen molar-refractivity contribution in [1.82, 2.24) is 0 Å². The molecule has 0 aliphatic heterocycles. The molecule has 0 radical (unpaired) electrons. The Balaban J connectivity index is 1.87.